The molecule has 0 aliphatic rings. The van der Waals surface area contributed by atoms with Gasteiger partial charge in [-0.05, 0) is 22.8 Å². The summed E-state index contributed by atoms with van der Waals surface area (Å²) in [4.78, 5) is 52.8. The summed E-state index contributed by atoms with van der Waals surface area (Å²) in [7, 11) is 0. The van der Waals surface area contributed by atoms with E-state index in [1.54, 1.807) is 6.20 Å². The van der Waals surface area contributed by atoms with E-state index in [1.807, 2.05) is 84.9 Å². The number of hydrogen-bond donors (Lipinski definition) is 4. The number of benzene rings is 3. The standard InChI is InChI=1S/C30H30N4O6/c35-27(17-33-30(38)40-20-22-11-5-2-6-12-22)32-18-28(36)34-26(29(37)39-19-21-9-3-1-4-10-21)15-23-16-31-25-14-8-7-13-24(23)25/h1-14,16,26,31H,15,17-20H2,(H,32,35)(H,33,38)(H,34,36)/t26-/m1/s1. The minimum absolute atomic E-state index is 0.0582. The second-order valence-electron chi connectivity index (χ2n) is 8.97. The molecule has 4 rings (SSSR count). The Kier molecular flexibility index (Phi) is 9.87. The molecule has 0 aliphatic carbocycles. The molecule has 0 fully saturated rings. The van der Waals surface area contributed by atoms with Crippen LogP contribution in [0.2, 0.25) is 0 Å². The number of rotatable bonds is 12. The molecular weight excluding hydrogens is 512 g/mol. The van der Waals surface area contributed by atoms with Gasteiger partial charge in [-0.15, -0.1) is 0 Å². The minimum atomic E-state index is -0.988. The Balaban J connectivity index is 1.28. The van der Waals surface area contributed by atoms with E-state index >= 15 is 0 Å². The lowest BCUT2D eigenvalue weighted by molar-refractivity contribution is -0.149. The number of ether oxygens (including phenoxy) is 2. The second kappa shape index (κ2) is 14.1. The van der Waals surface area contributed by atoms with E-state index < -0.39 is 36.5 Å². The third-order valence-electron chi connectivity index (χ3n) is 5.99. The fraction of sp³-hybridized carbons (Fsp3) is 0.200. The number of aromatic amines is 1. The van der Waals surface area contributed by atoms with Crippen LogP contribution in [0.3, 0.4) is 0 Å². The first-order chi connectivity index (χ1) is 19.5. The Morgan fingerprint density at radius 2 is 1.30 bits per heavy atom. The van der Waals surface area contributed by atoms with Crippen LogP contribution in [0.4, 0.5) is 4.79 Å². The van der Waals surface area contributed by atoms with Gasteiger partial charge in [0.25, 0.3) is 0 Å². The molecule has 0 saturated carbocycles. The number of para-hydroxylation sites is 1. The number of H-pyrrole nitrogens is 1. The van der Waals surface area contributed by atoms with Gasteiger partial charge in [0.05, 0.1) is 6.54 Å². The van der Waals surface area contributed by atoms with Gasteiger partial charge >= 0.3 is 12.1 Å². The lowest BCUT2D eigenvalue weighted by Gasteiger charge is -2.18. The molecule has 4 N–H and O–H groups in total. The molecular formula is C30H30N4O6. The van der Waals surface area contributed by atoms with E-state index in [1.165, 1.54) is 0 Å². The quantitative estimate of drug-likeness (QED) is 0.203. The Bertz CT molecular complexity index is 1440. The smallest absolute Gasteiger partial charge is 0.407 e. The van der Waals surface area contributed by atoms with Crippen LogP contribution >= 0.6 is 0 Å². The van der Waals surface area contributed by atoms with Crippen molar-refractivity contribution in [2.75, 3.05) is 13.1 Å². The number of carbonyl (C=O) groups is 4. The van der Waals surface area contributed by atoms with Crippen molar-refractivity contribution in [1.82, 2.24) is 20.9 Å². The maximum Gasteiger partial charge on any atom is 0.407 e. The fourth-order valence-electron chi connectivity index (χ4n) is 3.96. The van der Waals surface area contributed by atoms with Crippen LogP contribution in [0.1, 0.15) is 16.7 Å². The van der Waals surface area contributed by atoms with Crippen molar-refractivity contribution in [3.05, 3.63) is 108 Å². The molecule has 3 aromatic carbocycles. The van der Waals surface area contributed by atoms with E-state index in [9.17, 15) is 19.2 Å². The van der Waals surface area contributed by atoms with E-state index in [0.29, 0.717) is 0 Å². The zero-order valence-corrected chi connectivity index (χ0v) is 21.7. The van der Waals surface area contributed by atoms with Crippen molar-refractivity contribution < 1.29 is 28.7 Å². The lowest BCUT2D eigenvalue weighted by Crippen LogP contribution is -2.48. The average Bonchev–Trinajstić information content (AvgIpc) is 3.40. The monoisotopic (exact) mass is 542 g/mol. The van der Waals surface area contributed by atoms with Crippen LogP contribution in [0, 0.1) is 0 Å². The van der Waals surface area contributed by atoms with Crippen LogP contribution in [0.25, 0.3) is 10.9 Å². The topological polar surface area (TPSA) is 139 Å². The summed E-state index contributed by atoms with van der Waals surface area (Å²) in [5, 5.41) is 8.34. The number of amides is 3. The van der Waals surface area contributed by atoms with Gasteiger partial charge in [0, 0.05) is 23.5 Å². The average molecular weight is 543 g/mol. The summed E-state index contributed by atoms with van der Waals surface area (Å²) in [5.41, 5.74) is 3.36. The molecule has 1 aromatic heterocycles. The highest BCUT2D eigenvalue weighted by atomic mass is 16.5. The first-order valence-corrected chi connectivity index (χ1v) is 12.7. The van der Waals surface area contributed by atoms with E-state index in [4.69, 9.17) is 9.47 Å². The number of fused-ring (bicyclic) bond motifs is 1. The molecule has 0 spiro atoms. The Hall–Kier alpha value is -5.12. The van der Waals surface area contributed by atoms with E-state index in [-0.39, 0.29) is 26.2 Å². The second-order valence-corrected chi connectivity index (χ2v) is 8.97. The van der Waals surface area contributed by atoms with Crippen molar-refractivity contribution in [2.24, 2.45) is 0 Å². The number of nitrogens with one attached hydrogen (secondary N) is 4. The predicted molar refractivity (Wildman–Crippen MR) is 148 cm³/mol. The third-order valence-corrected chi connectivity index (χ3v) is 5.99. The molecule has 1 atom stereocenters. The van der Waals surface area contributed by atoms with Crippen LogP contribution in [-0.2, 0) is 43.5 Å². The van der Waals surface area contributed by atoms with Gasteiger partial charge in [0.1, 0.15) is 25.8 Å². The molecule has 0 aliphatic heterocycles. The molecule has 4 aromatic rings. The fourth-order valence-corrected chi connectivity index (χ4v) is 3.96. The number of carbonyl (C=O) groups excluding carboxylic acids is 4. The summed E-state index contributed by atoms with van der Waals surface area (Å²) in [6, 6.07) is 25.0. The summed E-state index contributed by atoms with van der Waals surface area (Å²) in [5.74, 6) is -1.77. The van der Waals surface area contributed by atoms with Crippen molar-refractivity contribution in [1.29, 1.82) is 0 Å². The molecule has 0 unspecified atom stereocenters. The molecule has 0 radical (unpaired) electrons. The van der Waals surface area contributed by atoms with Gasteiger partial charge in [-0.1, -0.05) is 78.9 Å². The third kappa shape index (κ3) is 8.45. The number of esters is 1. The van der Waals surface area contributed by atoms with Crippen molar-refractivity contribution in [3.8, 4) is 0 Å². The number of hydrogen-bond acceptors (Lipinski definition) is 6. The molecule has 0 bridgehead atoms. The van der Waals surface area contributed by atoms with Crippen molar-refractivity contribution in [2.45, 2.75) is 25.7 Å². The van der Waals surface area contributed by atoms with Gasteiger partial charge in [-0.3, -0.25) is 9.59 Å². The molecule has 10 nitrogen and oxygen atoms in total. The number of alkyl carbamates (subject to hydrolysis) is 1. The van der Waals surface area contributed by atoms with Crippen LogP contribution in [0.15, 0.2) is 91.1 Å². The molecule has 1 heterocycles. The van der Waals surface area contributed by atoms with Gasteiger partial charge in [0.2, 0.25) is 11.8 Å². The minimum Gasteiger partial charge on any atom is -0.459 e. The zero-order valence-electron chi connectivity index (χ0n) is 21.7. The summed E-state index contributed by atoms with van der Waals surface area (Å²) in [6.07, 6.45) is 1.22. The Labute approximate surface area is 231 Å². The Morgan fingerprint density at radius 1 is 0.700 bits per heavy atom. The summed E-state index contributed by atoms with van der Waals surface area (Å²) >= 11 is 0. The van der Waals surface area contributed by atoms with Gasteiger partial charge in [-0.2, -0.15) is 0 Å². The van der Waals surface area contributed by atoms with Gasteiger partial charge in [0.15, 0.2) is 0 Å². The molecule has 3 amide bonds. The molecule has 0 saturated heterocycles. The molecule has 10 heteroatoms. The highest BCUT2D eigenvalue weighted by Gasteiger charge is 2.24. The van der Waals surface area contributed by atoms with Crippen molar-refractivity contribution in [3.63, 3.8) is 0 Å². The lowest BCUT2D eigenvalue weighted by atomic mass is 10.0. The largest absolute Gasteiger partial charge is 0.459 e. The summed E-state index contributed by atoms with van der Waals surface area (Å²) in [6.45, 7) is -0.647. The first kappa shape index (κ1) is 27.9. The molecule has 40 heavy (non-hydrogen) atoms. The van der Waals surface area contributed by atoms with Crippen LogP contribution in [-0.4, -0.2) is 48.0 Å². The van der Waals surface area contributed by atoms with Gasteiger partial charge in [-0.25, -0.2) is 9.59 Å². The highest BCUT2D eigenvalue weighted by molar-refractivity contribution is 5.90. The van der Waals surface area contributed by atoms with Crippen LogP contribution in [0.5, 0.6) is 0 Å². The zero-order chi connectivity index (χ0) is 28.2. The van der Waals surface area contributed by atoms with Crippen LogP contribution < -0.4 is 16.0 Å². The molecule has 206 valence electrons. The Morgan fingerprint density at radius 3 is 2.00 bits per heavy atom. The highest BCUT2D eigenvalue weighted by Crippen LogP contribution is 2.19. The first-order valence-electron chi connectivity index (χ1n) is 12.7. The normalized spacial score (nSPS) is 11.3. The van der Waals surface area contributed by atoms with Crippen molar-refractivity contribution >= 4 is 34.8 Å². The van der Waals surface area contributed by atoms with E-state index in [0.717, 1.165) is 27.6 Å². The number of aromatic nitrogens is 1. The predicted octanol–water partition coefficient (Wildman–Crippen LogP) is 2.98. The maximum absolute atomic E-state index is 13.0. The maximum atomic E-state index is 13.0. The van der Waals surface area contributed by atoms with E-state index in [2.05, 4.69) is 20.9 Å². The van der Waals surface area contributed by atoms with Gasteiger partial charge < -0.3 is 30.4 Å². The SMILES string of the molecule is O=C(CNC(=O)OCc1ccccc1)NCC(=O)N[C@H](Cc1c[nH]c2ccccc12)C(=O)OCc1ccccc1. The summed E-state index contributed by atoms with van der Waals surface area (Å²) < 4.78 is 10.5.